The molecule has 0 unspecified atom stereocenters. The Morgan fingerprint density at radius 3 is 1.98 bits per heavy atom. The van der Waals surface area contributed by atoms with Crippen LogP contribution in [0.3, 0.4) is 0 Å². The molecule has 0 radical (unpaired) electrons. The summed E-state index contributed by atoms with van der Waals surface area (Å²) in [5, 5.41) is 15.0. The molecule has 4 aromatic rings. The van der Waals surface area contributed by atoms with Crippen LogP contribution in [0, 0.1) is 10.2 Å². The number of allylic oxidation sites excluding steroid dienone is 6. The molecule has 8 heteroatoms. The van der Waals surface area contributed by atoms with Crippen molar-refractivity contribution in [1.82, 2.24) is 0 Å². The van der Waals surface area contributed by atoms with Gasteiger partial charge in [-0.25, -0.2) is 18.6 Å². The van der Waals surface area contributed by atoms with Gasteiger partial charge in [-0.2, -0.15) is 4.58 Å². The van der Waals surface area contributed by atoms with Gasteiger partial charge in [0.05, 0.1) is 5.41 Å². The van der Waals surface area contributed by atoms with Crippen molar-refractivity contribution in [3.05, 3.63) is 119 Å². The summed E-state index contributed by atoms with van der Waals surface area (Å²) in [7, 11) is -4.94. The van der Waals surface area contributed by atoms with E-state index in [0.717, 1.165) is 25.9 Å². The van der Waals surface area contributed by atoms with Crippen molar-refractivity contribution in [2.45, 2.75) is 65.2 Å². The molecule has 0 saturated heterocycles. The van der Waals surface area contributed by atoms with Crippen molar-refractivity contribution >= 4 is 38.6 Å². The number of rotatable bonds is 8. The quantitative estimate of drug-likeness (QED) is 0.217. The summed E-state index contributed by atoms with van der Waals surface area (Å²) in [4.78, 5) is 2.47. The van der Waals surface area contributed by atoms with E-state index in [1.54, 1.807) is 0 Å². The minimum atomic E-state index is -4.94. The molecule has 2 heterocycles. The summed E-state index contributed by atoms with van der Waals surface area (Å²) >= 11 is 0. The van der Waals surface area contributed by atoms with Crippen molar-refractivity contribution < 1.29 is 38.6 Å². The van der Waals surface area contributed by atoms with Crippen molar-refractivity contribution in [3.8, 4) is 0 Å². The molecule has 0 aromatic heterocycles. The molecular weight excluding hydrogens is 624 g/mol. The third-order valence-corrected chi connectivity index (χ3v) is 9.67. The highest BCUT2D eigenvalue weighted by atomic mass is 35.7. The van der Waals surface area contributed by atoms with Gasteiger partial charge in [-0.15, -0.1) is 10.2 Å². The van der Waals surface area contributed by atoms with E-state index in [0.29, 0.717) is 0 Å². The Balaban J connectivity index is 0.000000840. The Morgan fingerprint density at radius 2 is 1.40 bits per heavy atom. The van der Waals surface area contributed by atoms with E-state index in [4.69, 9.17) is 18.6 Å². The number of nitrogens with zero attached hydrogens (tertiary/aromatic N) is 2. The van der Waals surface area contributed by atoms with Crippen LogP contribution in [-0.4, -0.2) is 35.1 Å². The van der Waals surface area contributed by atoms with E-state index in [-0.39, 0.29) is 17.4 Å². The van der Waals surface area contributed by atoms with Gasteiger partial charge in [0.25, 0.3) is 0 Å². The topological polar surface area (TPSA) is 119 Å². The van der Waals surface area contributed by atoms with Crippen LogP contribution in [0.1, 0.15) is 65.5 Å². The molecule has 0 atom stereocenters. The van der Waals surface area contributed by atoms with Crippen LogP contribution in [0.2, 0.25) is 0 Å². The summed E-state index contributed by atoms with van der Waals surface area (Å²) in [5.41, 5.74) is 9.05. The Bertz CT molecular complexity index is 1940. The third kappa shape index (κ3) is 6.85. The third-order valence-electron chi connectivity index (χ3n) is 9.67. The average molecular weight is 669 g/mol. The van der Waals surface area contributed by atoms with Crippen LogP contribution in [0.25, 0.3) is 21.5 Å². The smallest absolute Gasteiger partial charge is 0.210 e. The molecule has 0 amide bonds. The van der Waals surface area contributed by atoms with E-state index >= 15 is 0 Å². The van der Waals surface area contributed by atoms with Gasteiger partial charge in [-0.05, 0) is 91.4 Å². The highest BCUT2D eigenvalue weighted by Gasteiger charge is 2.45. The van der Waals surface area contributed by atoms with Crippen LogP contribution in [0.4, 0.5) is 11.4 Å². The lowest BCUT2D eigenvalue weighted by Gasteiger charge is -2.26. The minimum absolute atomic E-state index is 0.127. The maximum atomic E-state index is 9.75. The first-order chi connectivity index (χ1) is 22.7. The van der Waals surface area contributed by atoms with Crippen molar-refractivity contribution in [3.63, 3.8) is 0 Å². The van der Waals surface area contributed by atoms with Crippen molar-refractivity contribution in [2.24, 2.45) is 0 Å². The summed E-state index contributed by atoms with van der Waals surface area (Å²) in [6.07, 6.45) is 10.8. The molecule has 6 rings (SSSR count). The summed E-state index contributed by atoms with van der Waals surface area (Å²) in [6, 6.07) is 26.6. The second-order valence-corrected chi connectivity index (χ2v) is 14.1. The van der Waals surface area contributed by atoms with Crippen LogP contribution >= 0.6 is 0 Å². The van der Waals surface area contributed by atoms with E-state index in [2.05, 4.69) is 148 Å². The number of anilines is 1. The van der Waals surface area contributed by atoms with Crippen molar-refractivity contribution in [2.75, 3.05) is 24.6 Å². The van der Waals surface area contributed by atoms with Gasteiger partial charge in [0, 0.05) is 47.7 Å². The number of likely N-dealkylation sites (N-methyl/N-ethyl adjacent to an activating group) is 1. The molecule has 0 spiro atoms. The number of halogens is 1. The van der Waals surface area contributed by atoms with E-state index in [1.807, 2.05) is 0 Å². The van der Waals surface area contributed by atoms with Crippen LogP contribution < -0.4 is 23.5 Å². The average Bonchev–Trinajstić information content (AvgIpc) is 3.41. The number of hydrogen-bond donors (Lipinski definition) is 1. The van der Waals surface area contributed by atoms with Gasteiger partial charge in [0.1, 0.15) is 6.54 Å². The van der Waals surface area contributed by atoms with E-state index < -0.39 is 10.2 Å². The standard InChI is InChI=1S/C40H45N2O.ClHO4/c1-7-41-33-23-21-29-15-9-11-17-31(29)37(33)39(3,4)35(41)25-19-28(14-13-27-43)20-26-36-40(5,6)38-32-18-12-10-16-30(32)22-24-34(38)42(36)8-2;2-1(3,4)5/h9-12,15-26,43H,7-8,13-14,27H2,1-6H3;(H,2,3,4,5)/q+1;/p-1. The lowest BCUT2D eigenvalue weighted by atomic mass is 9.79. The van der Waals surface area contributed by atoms with Gasteiger partial charge in [0.15, 0.2) is 5.71 Å². The zero-order chi connectivity index (χ0) is 34.9. The van der Waals surface area contributed by atoms with Gasteiger partial charge >= 0.3 is 0 Å². The summed E-state index contributed by atoms with van der Waals surface area (Å²) in [6.45, 7) is 15.9. The fourth-order valence-corrected chi connectivity index (χ4v) is 7.63. The second kappa shape index (κ2) is 14.0. The lowest BCUT2D eigenvalue weighted by molar-refractivity contribution is -2.00. The predicted octanol–water partition coefficient (Wildman–Crippen LogP) is 4.59. The molecule has 1 N–H and O–H groups in total. The lowest BCUT2D eigenvalue weighted by Crippen LogP contribution is -2.68. The maximum Gasteiger partial charge on any atom is 0.210 e. The minimum Gasteiger partial charge on any atom is -0.396 e. The molecular formula is C40H45ClN2O5. The van der Waals surface area contributed by atoms with Crippen LogP contribution in [0.15, 0.2) is 108 Å². The Hall–Kier alpha value is -3.82. The first-order valence-electron chi connectivity index (χ1n) is 16.5. The Labute approximate surface area is 285 Å². The van der Waals surface area contributed by atoms with Gasteiger partial charge in [0.2, 0.25) is 5.69 Å². The molecule has 0 fully saturated rings. The number of hydrogen-bond acceptors (Lipinski definition) is 6. The highest BCUT2D eigenvalue weighted by Crippen LogP contribution is 2.50. The second-order valence-electron chi connectivity index (χ2n) is 13.3. The van der Waals surface area contributed by atoms with E-state index in [9.17, 15) is 5.11 Å². The zero-order valence-corrected chi connectivity index (χ0v) is 29.4. The van der Waals surface area contributed by atoms with Crippen LogP contribution in [0.5, 0.6) is 0 Å². The highest BCUT2D eigenvalue weighted by molar-refractivity contribution is 6.07. The molecule has 252 valence electrons. The molecule has 0 aliphatic carbocycles. The van der Waals surface area contributed by atoms with Crippen molar-refractivity contribution in [1.29, 1.82) is 0 Å². The molecule has 0 saturated carbocycles. The number of benzene rings is 4. The van der Waals surface area contributed by atoms with Gasteiger partial charge in [-0.1, -0.05) is 80.6 Å². The zero-order valence-electron chi connectivity index (χ0n) is 28.6. The fourth-order valence-electron chi connectivity index (χ4n) is 7.63. The fraction of sp³-hybridized carbons (Fsp3) is 0.325. The SMILES string of the molecule is CCN1/C(=C/C=C(/C=C/C2=[N+](CC)c3ccc4ccccc4c3C2(C)C)CCCO)C(C)(C)c2c1ccc1ccccc21.[O-][Cl+3]([O-])([O-])[O-]. The molecule has 48 heavy (non-hydrogen) atoms. The van der Waals surface area contributed by atoms with Gasteiger partial charge in [-0.3, -0.25) is 0 Å². The molecule has 2 aliphatic rings. The summed E-state index contributed by atoms with van der Waals surface area (Å²) in [5.74, 6) is 0. The Morgan fingerprint density at radius 1 is 0.812 bits per heavy atom. The van der Waals surface area contributed by atoms with Gasteiger partial charge < -0.3 is 10.0 Å². The Kier molecular flexibility index (Phi) is 10.3. The molecule has 7 nitrogen and oxygen atoms in total. The number of fused-ring (bicyclic) bond motifs is 6. The molecule has 2 aliphatic heterocycles. The predicted molar refractivity (Wildman–Crippen MR) is 184 cm³/mol. The maximum absolute atomic E-state index is 9.75. The number of aliphatic hydroxyl groups is 1. The first kappa shape index (κ1) is 35.5. The molecule has 0 bridgehead atoms. The number of aliphatic hydroxyl groups excluding tert-OH is 1. The first-order valence-corrected chi connectivity index (χ1v) is 17.8. The molecule has 4 aromatic carbocycles. The van der Waals surface area contributed by atoms with E-state index in [1.165, 1.54) is 61.0 Å². The van der Waals surface area contributed by atoms with Crippen LogP contribution in [-0.2, 0) is 10.8 Å². The normalized spacial score (nSPS) is 17.8. The monoisotopic (exact) mass is 668 g/mol. The largest absolute Gasteiger partial charge is 0.396 e. The summed E-state index contributed by atoms with van der Waals surface area (Å²) < 4.78 is 36.4.